The topological polar surface area (TPSA) is 30.0 Å². The van der Waals surface area contributed by atoms with E-state index >= 15 is 0 Å². The van der Waals surface area contributed by atoms with Crippen LogP contribution in [0.4, 0.5) is 0 Å². The van der Waals surface area contributed by atoms with Crippen LogP contribution in [0.3, 0.4) is 0 Å². The van der Waals surface area contributed by atoms with Gasteiger partial charge in [-0.1, -0.05) is 0 Å². The number of hydrogen-bond donors (Lipinski definition) is 0. The van der Waals surface area contributed by atoms with Gasteiger partial charge in [0.2, 0.25) is 0 Å². The standard InChI is InChI=1S/C11H15NOS2/c1-8-12-9(7-14-8)6-10(13)11(2)4-3-5-15-11/h7H,3-6H2,1-2H3. The lowest BCUT2D eigenvalue weighted by Gasteiger charge is -2.19. The Bertz CT molecular complexity index is 366. The molecule has 1 aromatic rings. The monoisotopic (exact) mass is 241 g/mol. The van der Waals surface area contributed by atoms with Crippen molar-refractivity contribution in [1.82, 2.24) is 4.98 Å². The summed E-state index contributed by atoms with van der Waals surface area (Å²) in [5, 5.41) is 3.04. The molecule has 15 heavy (non-hydrogen) atoms. The van der Waals surface area contributed by atoms with Crippen LogP contribution < -0.4 is 0 Å². The van der Waals surface area contributed by atoms with E-state index in [1.54, 1.807) is 23.1 Å². The first-order chi connectivity index (χ1) is 7.10. The summed E-state index contributed by atoms with van der Waals surface area (Å²) in [6.45, 7) is 4.05. The van der Waals surface area contributed by atoms with E-state index in [4.69, 9.17) is 0 Å². The fourth-order valence-corrected chi connectivity index (χ4v) is 3.71. The minimum absolute atomic E-state index is 0.141. The number of aromatic nitrogens is 1. The fraction of sp³-hybridized carbons (Fsp3) is 0.636. The molecule has 1 saturated heterocycles. The second-order valence-electron chi connectivity index (χ2n) is 4.14. The quantitative estimate of drug-likeness (QED) is 0.815. The van der Waals surface area contributed by atoms with Crippen molar-refractivity contribution >= 4 is 28.9 Å². The number of nitrogens with zero attached hydrogens (tertiary/aromatic N) is 1. The molecule has 0 aromatic carbocycles. The molecular formula is C11H15NOS2. The van der Waals surface area contributed by atoms with Gasteiger partial charge in [-0.15, -0.1) is 23.1 Å². The van der Waals surface area contributed by atoms with Crippen molar-refractivity contribution in [2.75, 3.05) is 5.75 Å². The minimum Gasteiger partial charge on any atom is -0.298 e. The van der Waals surface area contributed by atoms with Crippen LogP contribution in [-0.4, -0.2) is 21.3 Å². The maximum absolute atomic E-state index is 12.1. The molecule has 2 nitrogen and oxygen atoms in total. The minimum atomic E-state index is -0.141. The predicted octanol–water partition coefficient (Wildman–Crippen LogP) is 2.85. The normalized spacial score (nSPS) is 25.7. The Hall–Kier alpha value is -0.350. The third kappa shape index (κ3) is 2.42. The van der Waals surface area contributed by atoms with Gasteiger partial charge in [-0.2, -0.15) is 0 Å². The molecule has 0 spiro atoms. The highest BCUT2D eigenvalue weighted by atomic mass is 32.2. The van der Waals surface area contributed by atoms with Gasteiger partial charge in [-0.05, 0) is 32.4 Å². The van der Waals surface area contributed by atoms with Gasteiger partial charge >= 0.3 is 0 Å². The third-order valence-electron chi connectivity index (χ3n) is 2.82. The van der Waals surface area contributed by atoms with E-state index in [0.717, 1.165) is 22.9 Å². The summed E-state index contributed by atoms with van der Waals surface area (Å²) < 4.78 is -0.141. The van der Waals surface area contributed by atoms with E-state index in [1.807, 2.05) is 12.3 Å². The van der Waals surface area contributed by atoms with Crippen molar-refractivity contribution in [3.63, 3.8) is 0 Å². The molecule has 0 radical (unpaired) electrons. The van der Waals surface area contributed by atoms with Crippen molar-refractivity contribution in [3.8, 4) is 0 Å². The highest BCUT2D eigenvalue weighted by Crippen LogP contribution is 2.39. The summed E-state index contributed by atoms with van der Waals surface area (Å²) in [5.41, 5.74) is 0.941. The SMILES string of the molecule is Cc1nc(CC(=O)C2(C)CCCS2)cs1. The van der Waals surface area contributed by atoms with Crippen LogP contribution in [0.2, 0.25) is 0 Å². The number of thioether (sulfide) groups is 1. The highest BCUT2D eigenvalue weighted by molar-refractivity contribution is 8.01. The Kier molecular flexibility index (Phi) is 3.16. The summed E-state index contributed by atoms with van der Waals surface area (Å²) in [7, 11) is 0. The molecule has 0 bridgehead atoms. The number of hydrogen-bond acceptors (Lipinski definition) is 4. The Balaban J connectivity index is 2.03. The largest absolute Gasteiger partial charge is 0.298 e. The van der Waals surface area contributed by atoms with Gasteiger partial charge < -0.3 is 0 Å². The van der Waals surface area contributed by atoms with Crippen LogP contribution in [0.1, 0.15) is 30.5 Å². The second-order valence-corrected chi connectivity index (χ2v) is 6.80. The van der Waals surface area contributed by atoms with Crippen LogP contribution in [-0.2, 0) is 11.2 Å². The first-order valence-corrected chi connectivity index (χ1v) is 7.05. The number of thiazole rings is 1. The highest BCUT2D eigenvalue weighted by Gasteiger charge is 2.36. The average molecular weight is 241 g/mol. The van der Waals surface area contributed by atoms with Crippen molar-refractivity contribution < 1.29 is 4.79 Å². The lowest BCUT2D eigenvalue weighted by molar-refractivity contribution is -0.120. The van der Waals surface area contributed by atoms with E-state index in [2.05, 4.69) is 11.9 Å². The van der Waals surface area contributed by atoms with E-state index in [9.17, 15) is 4.79 Å². The number of ketones is 1. The zero-order valence-electron chi connectivity index (χ0n) is 9.08. The number of aryl methyl sites for hydroxylation is 1. The van der Waals surface area contributed by atoms with E-state index < -0.39 is 0 Å². The van der Waals surface area contributed by atoms with Crippen molar-refractivity contribution in [3.05, 3.63) is 16.1 Å². The zero-order valence-corrected chi connectivity index (χ0v) is 10.7. The molecule has 4 heteroatoms. The summed E-state index contributed by atoms with van der Waals surface area (Å²) in [6, 6.07) is 0. The lowest BCUT2D eigenvalue weighted by atomic mass is 9.97. The van der Waals surface area contributed by atoms with Crippen molar-refractivity contribution in [1.29, 1.82) is 0 Å². The first-order valence-electron chi connectivity index (χ1n) is 5.18. The Morgan fingerprint density at radius 1 is 1.67 bits per heavy atom. The summed E-state index contributed by atoms with van der Waals surface area (Å²) in [6.07, 6.45) is 2.70. The molecule has 0 N–H and O–H groups in total. The lowest BCUT2D eigenvalue weighted by Crippen LogP contribution is -2.30. The van der Waals surface area contributed by atoms with Crippen LogP contribution in [0.5, 0.6) is 0 Å². The molecule has 2 heterocycles. The van der Waals surface area contributed by atoms with Crippen LogP contribution in [0, 0.1) is 6.92 Å². The van der Waals surface area contributed by atoms with Gasteiger partial charge in [0, 0.05) is 5.38 Å². The first kappa shape index (κ1) is 11.1. The summed E-state index contributed by atoms with van der Waals surface area (Å²) in [4.78, 5) is 16.4. The van der Waals surface area contributed by atoms with Gasteiger partial charge in [0.15, 0.2) is 5.78 Å². The Labute approximate surface area is 98.5 Å². The Morgan fingerprint density at radius 2 is 2.47 bits per heavy atom. The fourth-order valence-electron chi connectivity index (χ4n) is 1.84. The molecule has 82 valence electrons. The van der Waals surface area contributed by atoms with Crippen LogP contribution in [0.25, 0.3) is 0 Å². The van der Waals surface area contributed by atoms with Crippen LogP contribution >= 0.6 is 23.1 Å². The van der Waals surface area contributed by atoms with Gasteiger partial charge in [-0.25, -0.2) is 4.98 Å². The third-order valence-corrected chi connectivity index (χ3v) is 5.20. The molecule has 1 fully saturated rings. The van der Waals surface area contributed by atoms with Gasteiger partial charge in [-0.3, -0.25) is 4.79 Å². The zero-order chi connectivity index (χ0) is 10.9. The molecular weight excluding hydrogens is 226 g/mol. The summed E-state index contributed by atoms with van der Waals surface area (Å²) in [5.74, 6) is 1.47. The van der Waals surface area contributed by atoms with Crippen LogP contribution in [0.15, 0.2) is 5.38 Å². The molecule has 0 saturated carbocycles. The van der Waals surface area contributed by atoms with E-state index in [-0.39, 0.29) is 4.75 Å². The van der Waals surface area contributed by atoms with E-state index in [1.165, 1.54) is 6.42 Å². The van der Waals surface area contributed by atoms with E-state index in [0.29, 0.717) is 12.2 Å². The number of carbonyl (C=O) groups excluding carboxylic acids is 1. The molecule has 1 unspecified atom stereocenters. The van der Waals surface area contributed by atoms with Gasteiger partial charge in [0.1, 0.15) is 0 Å². The average Bonchev–Trinajstić information content (AvgIpc) is 2.76. The molecule has 1 aliphatic rings. The summed E-state index contributed by atoms with van der Waals surface area (Å²) >= 11 is 3.42. The molecule has 1 aliphatic heterocycles. The van der Waals surface area contributed by atoms with Gasteiger partial charge in [0.05, 0.1) is 21.9 Å². The smallest absolute Gasteiger partial charge is 0.154 e. The molecule has 2 rings (SSSR count). The molecule has 1 atom stereocenters. The number of Topliss-reactive ketones (excluding diaryl/α,β-unsaturated/α-hetero) is 1. The second kappa shape index (κ2) is 4.26. The number of carbonyl (C=O) groups is 1. The predicted molar refractivity (Wildman–Crippen MR) is 65.7 cm³/mol. The van der Waals surface area contributed by atoms with Gasteiger partial charge in [0.25, 0.3) is 0 Å². The molecule has 0 amide bonds. The Morgan fingerprint density at radius 3 is 3.00 bits per heavy atom. The molecule has 0 aliphatic carbocycles. The van der Waals surface area contributed by atoms with Crippen molar-refractivity contribution in [2.45, 2.75) is 37.9 Å². The maximum atomic E-state index is 12.1. The maximum Gasteiger partial charge on any atom is 0.154 e. The van der Waals surface area contributed by atoms with Crippen molar-refractivity contribution in [2.24, 2.45) is 0 Å². The molecule has 1 aromatic heterocycles. The number of rotatable bonds is 3.